The van der Waals surface area contributed by atoms with Crippen LogP contribution in [0.15, 0.2) is 70.2 Å². The van der Waals surface area contributed by atoms with Crippen LogP contribution in [0.5, 0.6) is 11.5 Å². The first-order valence-electron chi connectivity index (χ1n) is 9.74. The van der Waals surface area contributed by atoms with E-state index in [1.807, 2.05) is 37.3 Å². The summed E-state index contributed by atoms with van der Waals surface area (Å²) < 4.78 is 12.3. The average molecular weight is 515 g/mol. The predicted octanol–water partition coefficient (Wildman–Crippen LogP) is 5.69. The van der Waals surface area contributed by atoms with Gasteiger partial charge in [-0.1, -0.05) is 30.3 Å². The van der Waals surface area contributed by atoms with Gasteiger partial charge in [-0.2, -0.15) is 5.10 Å². The molecule has 0 heterocycles. The van der Waals surface area contributed by atoms with Crippen LogP contribution in [0.3, 0.4) is 0 Å². The first-order valence-corrected chi connectivity index (χ1v) is 10.5. The van der Waals surface area contributed by atoms with E-state index in [4.69, 9.17) is 9.47 Å². The lowest BCUT2D eigenvalue weighted by molar-refractivity contribution is -0.393. The van der Waals surface area contributed by atoms with Crippen molar-refractivity contribution in [3.05, 3.63) is 96.5 Å². The van der Waals surface area contributed by atoms with Gasteiger partial charge in [0.05, 0.1) is 33.2 Å². The van der Waals surface area contributed by atoms with Gasteiger partial charge in [0.2, 0.25) is 0 Å². The quantitative estimate of drug-likeness (QED) is 0.209. The lowest BCUT2D eigenvalue weighted by Crippen LogP contribution is -2.02. The molecule has 0 saturated carbocycles. The van der Waals surface area contributed by atoms with Crippen LogP contribution in [-0.4, -0.2) is 22.7 Å². The van der Waals surface area contributed by atoms with E-state index in [0.717, 1.165) is 17.7 Å². The molecule has 10 nitrogen and oxygen atoms in total. The summed E-state index contributed by atoms with van der Waals surface area (Å²) in [5.41, 5.74) is 3.38. The van der Waals surface area contributed by atoms with Crippen molar-refractivity contribution in [3.63, 3.8) is 0 Å². The van der Waals surface area contributed by atoms with E-state index >= 15 is 0 Å². The summed E-state index contributed by atoms with van der Waals surface area (Å²) in [6, 6.07) is 16.5. The molecular weight excluding hydrogens is 496 g/mol. The third kappa shape index (κ3) is 6.26. The molecule has 3 aromatic carbocycles. The van der Waals surface area contributed by atoms with Gasteiger partial charge in [0, 0.05) is 6.07 Å². The number of hydrazone groups is 1. The smallest absolute Gasteiger partial charge is 0.301 e. The summed E-state index contributed by atoms with van der Waals surface area (Å²) in [5, 5.41) is 26.1. The minimum atomic E-state index is -0.715. The van der Waals surface area contributed by atoms with Gasteiger partial charge in [-0.25, -0.2) is 0 Å². The summed E-state index contributed by atoms with van der Waals surface area (Å²) in [5.74, 6) is 1.04. The molecule has 0 aliphatic heterocycles. The third-order valence-corrected chi connectivity index (χ3v) is 4.93. The normalized spacial score (nSPS) is 10.7. The fourth-order valence-electron chi connectivity index (χ4n) is 2.85. The van der Waals surface area contributed by atoms with E-state index < -0.39 is 15.5 Å². The van der Waals surface area contributed by atoms with Crippen LogP contribution in [0.25, 0.3) is 0 Å². The number of nitrogens with zero attached hydrogens (tertiary/aromatic N) is 3. The molecule has 0 aliphatic carbocycles. The lowest BCUT2D eigenvalue weighted by Gasteiger charge is -2.14. The van der Waals surface area contributed by atoms with Crippen molar-refractivity contribution < 1.29 is 19.3 Å². The highest BCUT2D eigenvalue weighted by Gasteiger charge is 2.19. The Morgan fingerprint density at radius 2 is 1.79 bits per heavy atom. The maximum atomic E-state index is 11.2. The summed E-state index contributed by atoms with van der Waals surface area (Å²) in [6.45, 7) is 2.63. The summed E-state index contributed by atoms with van der Waals surface area (Å²) in [6.07, 6.45) is 1.44. The molecule has 0 spiro atoms. The highest BCUT2D eigenvalue weighted by Crippen LogP contribution is 2.37. The van der Waals surface area contributed by atoms with Gasteiger partial charge in [-0.05, 0) is 52.2 Å². The van der Waals surface area contributed by atoms with E-state index in [-0.39, 0.29) is 11.4 Å². The van der Waals surface area contributed by atoms with E-state index in [1.54, 1.807) is 12.1 Å². The molecular formula is C22H19BrN4O6. The summed E-state index contributed by atoms with van der Waals surface area (Å²) >= 11 is 3.49. The molecule has 3 rings (SSSR count). The molecule has 0 fully saturated rings. The van der Waals surface area contributed by atoms with Gasteiger partial charge in [0.25, 0.3) is 5.69 Å². The van der Waals surface area contributed by atoms with Gasteiger partial charge in [0.15, 0.2) is 11.5 Å². The van der Waals surface area contributed by atoms with E-state index in [2.05, 4.69) is 26.5 Å². The van der Waals surface area contributed by atoms with Crippen molar-refractivity contribution in [1.82, 2.24) is 0 Å². The third-order valence-electron chi connectivity index (χ3n) is 4.35. The maximum absolute atomic E-state index is 11.2. The Labute approximate surface area is 197 Å². The lowest BCUT2D eigenvalue weighted by atomic mass is 10.2. The zero-order chi connectivity index (χ0) is 23.8. The first kappa shape index (κ1) is 23.7. The molecule has 0 atom stereocenters. The van der Waals surface area contributed by atoms with E-state index in [1.165, 1.54) is 12.3 Å². The van der Waals surface area contributed by atoms with Crippen LogP contribution >= 0.6 is 15.9 Å². The molecule has 170 valence electrons. The number of benzene rings is 3. The van der Waals surface area contributed by atoms with E-state index in [9.17, 15) is 20.2 Å². The fourth-order valence-corrected chi connectivity index (χ4v) is 3.42. The predicted molar refractivity (Wildman–Crippen MR) is 127 cm³/mol. The largest absolute Gasteiger partial charge is 0.490 e. The molecule has 0 bridgehead atoms. The zero-order valence-electron chi connectivity index (χ0n) is 17.4. The monoisotopic (exact) mass is 514 g/mol. The van der Waals surface area contributed by atoms with Gasteiger partial charge < -0.3 is 9.47 Å². The highest BCUT2D eigenvalue weighted by atomic mass is 79.9. The number of nitrogens with one attached hydrogen (secondary N) is 1. The second-order valence-electron chi connectivity index (χ2n) is 6.62. The van der Waals surface area contributed by atoms with Crippen LogP contribution in [0.2, 0.25) is 0 Å². The van der Waals surface area contributed by atoms with Crippen LogP contribution in [0, 0.1) is 20.2 Å². The van der Waals surface area contributed by atoms with Crippen LogP contribution in [-0.2, 0) is 6.61 Å². The molecule has 0 saturated heterocycles. The van der Waals surface area contributed by atoms with Crippen molar-refractivity contribution in [3.8, 4) is 11.5 Å². The Bertz CT molecular complexity index is 1190. The average Bonchev–Trinajstić information content (AvgIpc) is 2.79. The number of hydrogen-bond donors (Lipinski definition) is 1. The van der Waals surface area contributed by atoms with Crippen molar-refractivity contribution in [2.24, 2.45) is 5.10 Å². The molecule has 0 radical (unpaired) electrons. The number of anilines is 1. The molecule has 0 aliphatic rings. The number of non-ortho nitro benzene ring substituents is 1. The molecule has 11 heteroatoms. The Morgan fingerprint density at radius 1 is 1.03 bits per heavy atom. The fraction of sp³-hybridized carbons (Fsp3) is 0.136. The zero-order valence-corrected chi connectivity index (χ0v) is 19.0. The number of nitro benzene ring substituents is 2. The Morgan fingerprint density at radius 3 is 2.45 bits per heavy atom. The SMILES string of the molecule is CCOc1cc(/C=N\Nc2ccc([N+](=O)[O-])cc2[N+](=O)[O-])cc(Br)c1OCc1ccccc1. The molecule has 3 aromatic rings. The molecule has 33 heavy (non-hydrogen) atoms. The van der Waals surface area contributed by atoms with E-state index in [0.29, 0.717) is 34.7 Å². The summed E-state index contributed by atoms with van der Waals surface area (Å²) in [7, 11) is 0. The van der Waals surface area contributed by atoms with Crippen LogP contribution in [0.1, 0.15) is 18.1 Å². The molecule has 0 aromatic heterocycles. The molecule has 1 N–H and O–H groups in total. The standard InChI is InChI=1S/C22H19BrN4O6/c1-2-32-21-11-16(10-18(23)22(21)33-14-15-6-4-3-5-7-15)13-24-25-19-9-8-17(26(28)29)12-20(19)27(30)31/h3-13,25H,2,14H2,1H3/b24-13-. The number of hydrogen-bond acceptors (Lipinski definition) is 8. The number of halogens is 1. The molecule has 0 amide bonds. The summed E-state index contributed by atoms with van der Waals surface area (Å²) in [4.78, 5) is 20.7. The van der Waals surface area contributed by atoms with Crippen molar-refractivity contribution in [1.29, 1.82) is 0 Å². The second-order valence-corrected chi connectivity index (χ2v) is 7.48. The Kier molecular flexibility index (Phi) is 7.92. The first-order chi connectivity index (χ1) is 15.9. The van der Waals surface area contributed by atoms with Gasteiger partial charge in [-0.15, -0.1) is 0 Å². The Hall–Kier alpha value is -3.99. The maximum Gasteiger partial charge on any atom is 0.301 e. The van der Waals surface area contributed by atoms with Gasteiger partial charge in [0.1, 0.15) is 12.3 Å². The van der Waals surface area contributed by atoms with Crippen molar-refractivity contribution in [2.45, 2.75) is 13.5 Å². The van der Waals surface area contributed by atoms with Gasteiger partial charge in [-0.3, -0.25) is 25.7 Å². The number of ether oxygens (including phenoxy) is 2. The van der Waals surface area contributed by atoms with Crippen LogP contribution in [0.4, 0.5) is 17.1 Å². The topological polar surface area (TPSA) is 129 Å². The van der Waals surface area contributed by atoms with Crippen molar-refractivity contribution >= 4 is 39.2 Å². The highest BCUT2D eigenvalue weighted by molar-refractivity contribution is 9.10. The number of rotatable bonds is 10. The Balaban J connectivity index is 1.79. The minimum Gasteiger partial charge on any atom is -0.490 e. The van der Waals surface area contributed by atoms with Gasteiger partial charge >= 0.3 is 5.69 Å². The minimum absolute atomic E-state index is 0.0220. The molecule has 0 unspecified atom stereocenters. The van der Waals surface area contributed by atoms with Crippen molar-refractivity contribution in [2.75, 3.05) is 12.0 Å². The second kappa shape index (κ2) is 11.0. The number of nitro groups is 2. The van der Waals surface area contributed by atoms with Crippen LogP contribution < -0.4 is 14.9 Å².